The number of carbonyl (C=O) groups is 1. The van der Waals surface area contributed by atoms with Crippen molar-refractivity contribution in [2.75, 3.05) is 5.75 Å². The molecule has 1 amide bonds. The summed E-state index contributed by atoms with van der Waals surface area (Å²) < 4.78 is 35.5. The summed E-state index contributed by atoms with van der Waals surface area (Å²) in [4.78, 5) is 11.6. The topological polar surface area (TPSA) is 92.7 Å². The quantitative estimate of drug-likeness (QED) is 0.776. The van der Waals surface area contributed by atoms with Gasteiger partial charge in [0, 0.05) is 6.04 Å². The molecule has 19 heavy (non-hydrogen) atoms. The molecule has 0 saturated heterocycles. The zero-order valence-corrected chi connectivity index (χ0v) is 12.5. The smallest absolute Gasteiger partial charge is 0.407 e. The fraction of sp³-hybridized carbons (Fsp3) is 0.917. The van der Waals surface area contributed by atoms with Crippen molar-refractivity contribution in [3.05, 3.63) is 0 Å². The zero-order chi connectivity index (χ0) is 14.7. The normalized spacial score (nSPS) is 24.8. The fourth-order valence-electron chi connectivity index (χ4n) is 2.25. The van der Waals surface area contributed by atoms with E-state index >= 15 is 0 Å². The van der Waals surface area contributed by atoms with Crippen molar-refractivity contribution in [3.63, 3.8) is 0 Å². The van der Waals surface area contributed by atoms with Gasteiger partial charge in [0.1, 0.15) is 5.60 Å². The maximum atomic E-state index is 11.6. The van der Waals surface area contributed by atoms with Gasteiger partial charge in [-0.1, -0.05) is 0 Å². The summed E-state index contributed by atoms with van der Waals surface area (Å²) in [7, 11) is -3.90. The molecule has 0 heterocycles. The Labute approximate surface area is 114 Å². The van der Waals surface area contributed by atoms with Gasteiger partial charge in [-0.2, -0.15) is 8.42 Å². The molecule has 0 bridgehead atoms. The van der Waals surface area contributed by atoms with Crippen LogP contribution in [0.25, 0.3) is 0 Å². The second-order valence-corrected chi connectivity index (χ2v) is 7.61. The molecule has 0 aromatic carbocycles. The Balaban J connectivity index is 2.33. The number of hydrogen-bond donors (Lipinski definition) is 2. The average molecular weight is 293 g/mol. The van der Waals surface area contributed by atoms with Gasteiger partial charge in [0.05, 0.1) is 5.75 Å². The Kier molecular flexibility index (Phi) is 5.20. The van der Waals surface area contributed by atoms with Crippen molar-refractivity contribution >= 4 is 16.2 Å². The lowest BCUT2D eigenvalue weighted by atomic mass is 9.87. The second-order valence-electron chi connectivity index (χ2n) is 6.11. The van der Waals surface area contributed by atoms with Crippen molar-refractivity contribution in [1.29, 1.82) is 0 Å². The molecule has 0 aliphatic heterocycles. The molecule has 2 N–H and O–H groups in total. The SMILES string of the molecule is CC(C)(C)OC(=O)N[C@H]1CC[C@H](CS(=O)(=O)O)CC1. The molecule has 1 aliphatic carbocycles. The summed E-state index contributed by atoms with van der Waals surface area (Å²) in [6.45, 7) is 5.40. The van der Waals surface area contributed by atoms with Gasteiger partial charge >= 0.3 is 6.09 Å². The largest absolute Gasteiger partial charge is 0.444 e. The van der Waals surface area contributed by atoms with Gasteiger partial charge in [-0.05, 0) is 52.4 Å². The van der Waals surface area contributed by atoms with Crippen LogP contribution in [0.15, 0.2) is 0 Å². The van der Waals surface area contributed by atoms with Gasteiger partial charge in [-0.3, -0.25) is 4.55 Å². The van der Waals surface area contributed by atoms with Gasteiger partial charge in [0.25, 0.3) is 10.1 Å². The summed E-state index contributed by atoms with van der Waals surface area (Å²) in [5, 5.41) is 2.79. The minimum atomic E-state index is -3.90. The van der Waals surface area contributed by atoms with E-state index in [-0.39, 0.29) is 17.7 Å². The van der Waals surface area contributed by atoms with Crippen molar-refractivity contribution in [3.8, 4) is 0 Å². The summed E-state index contributed by atoms with van der Waals surface area (Å²) in [5.74, 6) is -0.210. The number of ether oxygens (including phenoxy) is 1. The van der Waals surface area contributed by atoms with E-state index in [0.29, 0.717) is 25.7 Å². The summed E-state index contributed by atoms with van der Waals surface area (Å²) in [6, 6.07) is 0.0208. The van der Waals surface area contributed by atoms with E-state index in [4.69, 9.17) is 9.29 Å². The number of rotatable bonds is 3. The fourth-order valence-corrected chi connectivity index (χ4v) is 3.17. The highest BCUT2D eigenvalue weighted by Gasteiger charge is 2.26. The molecule has 0 spiro atoms. The first-order valence-electron chi connectivity index (χ1n) is 6.50. The van der Waals surface area contributed by atoms with Gasteiger partial charge in [0.15, 0.2) is 0 Å². The first-order chi connectivity index (χ1) is 8.55. The van der Waals surface area contributed by atoms with E-state index in [0.717, 1.165) is 0 Å². The number of hydrogen-bond acceptors (Lipinski definition) is 4. The highest BCUT2D eigenvalue weighted by Crippen LogP contribution is 2.25. The van der Waals surface area contributed by atoms with E-state index in [1.807, 2.05) is 0 Å². The maximum absolute atomic E-state index is 11.6. The van der Waals surface area contributed by atoms with E-state index < -0.39 is 21.8 Å². The Bertz CT molecular complexity index is 404. The molecule has 0 aromatic heterocycles. The van der Waals surface area contributed by atoms with Crippen LogP contribution in [0.2, 0.25) is 0 Å². The highest BCUT2D eigenvalue weighted by atomic mass is 32.2. The van der Waals surface area contributed by atoms with E-state index in [9.17, 15) is 13.2 Å². The third-order valence-corrected chi connectivity index (χ3v) is 3.91. The van der Waals surface area contributed by atoms with Crippen LogP contribution in [0.1, 0.15) is 46.5 Å². The zero-order valence-electron chi connectivity index (χ0n) is 11.7. The van der Waals surface area contributed by atoms with E-state index in [2.05, 4.69) is 5.32 Å². The molecule has 112 valence electrons. The van der Waals surface area contributed by atoms with Crippen molar-refractivity contribution < 1.29 is 22.5 Å². The van der Waals surface area contributed by atoms with Crippen LogP contribution >= 0.6 is 0 Å². The molecule has 0 atom stereocenters. The van der Waals surface area contributed by atoms with E-state index in [1.54, 1.807) is 20.8 Å². The van der Waals surface area contributed by atoms with Crippen LogP contribution in [0, 0.1) is 5.92 Å². The van der Waals surface area contributed by atoms with Crippen LogP contribution in [0.3, 0.4) is 0 Å². The first kappa shape index (κ1) is 16.2. The standard InChI is InChI=1S/C12H23NO5S/c1-12(2,3)18-11(14)13-10-6-4-9(5-7-10)8-19(15,16)17/h9-10H,4-8H2,1-3H3,(H,13,14)(H,15,16,17)/t9-,10-. The lowest BCUT2D eigenvalue weighted by molar-refractivity contribution is 0.0488. The minimum absolute atomic E-state index is 0.0208. The predicted octanol–water partition coefficient (Wildman–Crippen LogP) is 1.96. The van der Waals surface area contributed by atoms with Crippen LogP contribution in [-0.4, -0.2) is 36.5 Å². The molecule has 7 heteroatoms. The second kappa shape index (κ2) is 6.09. The van der Waals surface area contributed by atoms with Crippen molar-refractivity contribution in [2.24, 2.45) is 5.92 Å². The van der Waals surface area contributed by atoms with Gasteiger partial charge in [-0.15, -0.1) is 0 Å². The summed E-state index contributed by atoms with van der Waals surface area (Å²) in [5.41, 5.74) is -0.522. The third kappa shape index (κ3) is 7.37. The van der Waals surface area contributed by atoms with Gasteiger partial charge in [0.2, 0.25) is 0 Å². The molecule has 1 aliphatic rings. The molecule has 1 rings (SSSR count). The van der Waals surface area contributed by atoms with Crippen LogP contribution in [-0.2, 0) is 14.9 Å². The monoisotopic (exact) mass is 293 g/mol. The lowest BCUT2D eigenvalue weighted by Crippen LogP contribution is -2.41. The number of alkyl carbamates (subject to hydrolysis) is 1. The lowest BCUT2D eigenvalue weighted by Gasteiger charge is -2.29. The molecular weight excluding hydrogens is 270 g/mol. The Morgan fingerprint density at radius 3 is 2.21 bits per heavy atom. The number of amides is 1. The number of nitrogens with one attached hydrogen (secondary N) is 1. The molecule has 1 saturated carbocycles. The molecule has 0 radical (unpaired) electrons. The van der Waals surface area contributed by atoms with Crippen LogP contribution < -0.4 is 5.32 Å². The molecule has 6 nitrogen and oxygen atoms in total. The summed E-state index contributed by atoms with van der Waals surface area (Å²) >= 11 is 0. The third-order valence-electron chi connectivity index (χ3n) is 3.01. The average Bonchev–Trinajstić information content (AvgIpc) is 2.15. The Morgan fingerprint density at radius 1 is 1.26 bits per heavy atom. The predicted molar refractivity (Wildman–Crippen MR) is 71.5 cm³/mol. The molecule has 1 fully saturated rings. The first-order valence-corrected chi connectivity index (χ1v) is 8.11. The van der Waals surface area contributed by atoms with E-state index in [1.165, 1.54) is 0 Å². The highest BCUT2D eigenvalue weighted by molar-refractivity contribution is 7.85. The minimum Gasteiger partial charge on any atom is -0.444 e. The number of carbonyl (C=O) groups excluding carboxylic acids is 1. The van der Waals surface area contributed by atoms with Crippen molar-refractivity contribution in [1.82, 2.24) is 5.32 Å². The van der Waals surface area contributed by atoms with Crippen LogP contribution in [0.5, 0.6) is 0 Å². The Hall–Kier alpha value is -0.820. The molecule has 0 aromatic rings. The Morgan fingerprint density at radius 2 is 1.79 bits per heavy atom. The van der Waals surface area contributed by atoms with Crippen LogP contribution in [0.4, 0.5) is 4.79 Å². The molecule has 0 unspecified atom stereocenters. The maximum Gasteiger partial charge on any atom is 0.407 e. The van der Waals surface area contributed by atoms with Gasteiger partial charge in [-0.25, -0.2) is 4.79 Å². The van der Waals surface area contributed by atoms with Crippen molar-refractivity contribution in [2.45, 2.75) is 58.1 Å². The molecular formula is C12H23NO5S. The summed E-state index contributed by atoms with van der Waals surface area (Å²) in [6.07, 6.45) is 2.34. The van der Waals surface area contributed by atoms with Gasteiger partial charge < -0.3 is 10.1 Å².